The van der Waals surface area contributed by atoms with Crippen LogP contribution in [-0.2, 0) is 6.54 Å². The number of anilines is 1. The zero-order chi connectivity index (χ0) is 29.7. The van der Waals surface area contributed by atoms with E-state index < -0.39 is 0 Å². The molecule has 0 bridgehead atoms. The summed E-state index contributed by atoms with van der Waals surface area (Å²) in [6, 6.07) is 10.2. The average molecular weight is 556 g/mol. The van der Waals surface area contributed by atoms with Crippen molar-refractivity contribution in [2.24, 2.45) is 5.92 Å². The number of hydrogen-bond acceptors (Lipinski definition) is 5. The van der Waals surface area contributed by atoms with Crippen LogP contribution in [0.3, 0.4) is 0 Å². The maximum Gasteiger partial charge on any atom is 0.253 e. The fourth-order valence-electron chi connectivity index (χ4n) is 5.56. The number of amides is 1. The van der Waals surface area contributed by atoms with Crippen molar-refractivity contribution in [3.63, 3.8) is 0 Å². The van der Waals surface area contributed by atoms with Gasteiger partial charge in [-0.3, -0.25) is 9.59 Å². The molecular formula is C34H45N5O2. The lowest BCUT2D eigenvalue weighted by Gasteiger charge is -2.22. The number of aromatic amines is 1. The summed E-state index contributed by atoms with van der Waals surface area (Å²) in [5.41, 5.74) is 7.68. The molecule has 0 radical (unpaired) electrons. The fourth-order valence-corrected chi connectivity index (χ4v) is 5.56. The average Bonchev–Trinajstić information content (AvgIpc) is 3.15. The third kappa shape index (κ3) is 7.53. The van der Waals surface area contributed by atoms with E-state index in [-0.39, 0.29) is 18.0 Å². The van der Waals surface area contributed by atoms with Gasteiger partial charge in [-0.1, -0.05) is 26.0 Å². The number of pyridine rings is 2. The van der Waals surface area contributed by atoms with Crippen LogP contribution in [0.1, 0.15) is 71.9 Å². The number of carbonyl (C=O) groups is 1. The van der Waals surface area contributed by atoms with Crippen LogP contribution < -0.4 is 15.8 Å². The molecule has 0 unspecified atom stereocenters. The van der Waals surface area contributed by atoms with Crippen LogP contribution >= 0.6 is 0 Å². The Hall–Kier alpha value is -3.71. The monoisotopic (exact) mass is 555 g/mol. The lowest BCUT2D eigenvalue weighted by Crippen LogP contribution is -2.29. The molecule has 2 N–H and O–H groups in total. The van der Waals surface area contributed by atoms with Gasteiger partial charge in [0.25, 0.3) is 11.5 Å². The summed E-state index contributed by atoms with van der Waals surface area (Å²) in [7, 11) is 2.17. The minimum absolute atomic E-state index is 0.164. The number of rotatable bonds is 8. The molecule has 1 aromatic carbocycles. The minimum atomic E-state index is -0.195. The van der Waals surface area contributed by atoms with Gasteiger partial charge in [0.15, 0.2) is 0 Å². The summed E-state index contributed by atoms with van der Waals surface area (Å²) in [4.78, 5) is 38.7. The van der Waals surface area contributed by atoms with Crippen molar-refractivity contribution in [1.82, 2.24) is 20.2 Å². The number of nitrogens with one attached hydrogen (secondary N) is 2. The highest BCUT2D eigenvalue weighted by Gasteiger charge is 2.19. The molecule has 3 heterocycles. The minimum Gasteiger partial charge on any atom is -0.355 e. The third-order valence-corrected chi connectivity index (χ3v) is 7.91. The molecule has 0 atom stereocenters. The molecule has 0 aliphatic carbocycles. The molecular weight excluding hydrogens is 510 g/mol. The first-order valence-corrected chi connectivity index (χ1v) is 14.7. The van der Waals surface area contributed by atoms with E-state index in [9.17, 15) is 9.59 Å². The lowest BCUT2D eigenvalue weighted by molar-refractivity contribution is 0.0950. The van der Waals surface area contributed by atoms with Gasteiger partial charge >= 0.3 is 0 Å². The molecule has 41 heavy (non-hydrogen) atoms. The van der Waals surface area contributed by atoms with Gasteiger partial charge in [0.1, 0.15) is 5.82 Å². The number of nitrogens with zero attached hydrogens (tertiary/aromatic N) is 3. The molecule has 1 aliphatic rings. The Bertz CT molecular complexity index is 1470. The van der Waals surface area contributed by atoms with E-state index in [0.29, 0.717) is 17.0 Å². The van der Waals surface area contributed by atoms with E-state index in [1.165, 1.54) is 0 Å². The smallest absolute Gasteiger partial charge is 0.253 e. The van der Waals surface area contributed by atoms with Crippen LogP contribution in [0.5, 0.6) is 0 Å². The summed E-state index contributed by atoms with van der Waals surface area (Å²) in [6.45, 7) is 16.5. The summed E-state index contributed by atoms with van der Waals surface area (Å²) in [5.74, 6) is 1.31. The van der Waals surface area contributed by atoms with Crippen molar-refractivity contribution in [2.75, 3.05) is 38.1 Å². The van der Waals surface area contributed by atoms with Crippen LogP contribution in [-0.4, -0.2) is 54.0 Å². The Kier molecular flexibility index (Phi) is 9.81. The fraction of sp³-hybridized carbons (Fsp3) is 0.441. The first-order chi connectivity index (χ1) is 19.5. The second-order valence-electron chi connectivity index (χ2n) is 11.9. The topological polar surface area (TPSA) is 81.3 Å². The normalized spacial score (nSPS) is 14.8. The van der Waals surface area contributed by atoms with Gasteiger partial charge in [0, 0.05) is 54.8 Å². The van der Waals surface area contributed by atoms with E-state index in [4.69, 9.17) is 4.98 Å². The van der Waals surface area contributed by atoms with Crippen molar-refractivity contribution in [2.45, 2.75) is 60.9 Å². The predicted octanol–water partition coefficient (Wildman–Crippen LogP) is 5.88. The molecule has 1 amide bonds. The Morgan fingerprint density at radius 1 is 1.05 bits per heavy atom. The van der Waals surface area contributed by atoms with Gasteiger partial charge in [-0.25, -0.2) is 4.98 Å². The molecule has 4 rings (SSSR count). The molecule has 0 spiro atoms. The SMILES string of the molecule is C/C(=C/CC(C)C)c1c(C)cc(-c2ccc(N3CCCN(C)CC3)nc2)cc1C(=O)NCc1c(C)cc(C)[nH]c1=O. The second-order valence-corrected chi connectivity index (χ2v) is 11.9. The number of aromatic nitrogens is 2. The maximum absolute atomic E-state index is 13.7. The second kappa shape index (κ2) is 13.3. The van der Waals surface area contributed by atoms with E-state index in [2.05, 4.69) is 79.1 Å². The van der Waals surface area contributed by atoms with Gasteiger partial charge in [0.05, 0.1) is 0 Å². The van der Waals surface area contributed by atoms with Crippen molar-refractivity contribution in [3.8, 4) is 11.1 Å². The van der Waals surface area contributed by atoms with Crippen molar-refractivity contribution < 1.29 is 4.79 Å². The quantitative estimate of drug-likeness (QED) is 0.363. The van der Waals surface area contributed by atoms with Crippen molar-refractivity contribution in [1.29, 1.82) is 0 Å². The van der Waals surface area contributed by atoms with E-state index in [1.807, 2.05) is 32.2 Å². The molecule has 1 fully saturated rings. The number of benzene rings is 1. The highest BCUT2D eigenvalue weighted by atomic mass is 16.1. The molecule has 218 valence electrons. The molecule has 1 aliphatic heterocycles. The molecule has 7 nitrogen and oxygen atoms in total. The Labute approximate surface area is 244 Å². The van der Waals surface area contributed by atoms with Gasteiger partial charge < -0.3 is 20.1 Å². The number of carbonyl (C=O) groups excluding carboxylic acids is 1. The molecule has 0 saturated carbocycles. The first-order valence-electron chi connectivity index (χ1n) is 14.7. The van der Waals surface area contributed by atoms with Crippen LogP contribution in [0, 0.1) is 26.7 Å². The Morgan fingerprint density at radius 3 is 2.51 bits per heavy atom. The van der Waals surface area contributed by atoms with Crippen molar-refractivity contribution in [3.05, 3.63) is 86.5 Å². The number of likely N-dealkylation sites (N-methyl/N-ethyl adjacent to an activating group) is 1. The number of hydrogen-bond donors (Lipinski definition) is 2. The lowest BCUT2D eigenvalue weighted by atomic mass is 9.90. The zero-order valence-corrected chi connectivity index (χ0v) is 25.7. The van der Waals surface area contributed by atoms with E-state index in [1.54, 1.807) is 0 Å². The highest BCUT2D eigenvalue weighted by Crippen LogP contribution is 2.31. The van der Waals surface area contributed by atoms with Gasteiger partial charge in [0.2, 0.25) is 0 Å². The van der Waals surface area contributed by atoms with Crippen LogP contribution in [0.2, 0.25) is 0 Å². The molecule has 3 aromatic rings. The van der Waals surface area contributed by atoms with E-state index in [0.717, 1.165) is 83.9 Å². The summed E-state index contributed by atoms with van der Waals surface area (Å²) in [6.07, 6.45) is 6.18. The van der Waals surface area contributed by atoms with Gasteiger partial charge in [-0.05, 0) is 112 Å². The summed E-state index contributed by atoms with van der Waals surface area (Å²) >= 11 is 0. The molecule has 1 saturated heterocycles. The highest BCUT2D eigenvalue weighted by molar-refractivity contribution is 6.01. The number of allylic oxidation sites excluding steroid dienone is 2. The van der Waals surface area contributed by atoms with Gasteiger partial charge in [-0.15, -0.1) is 0 Å². The molecule has 7 heteroatoms. The number of H-pyrrole nitrogens is 1. The third-order valence-electron chi connectivity index (χ3n) is 7.91. The zero-order valence-electron chi connectivity index (χ0n) is 25.7. The standard InChI is InChI=1S/C34H45N5O2/c1-22(2)9-10-23(3)32-25(5)18-28(27-11-12-31(35-20-27)39-14-8-13-38(7)15-16-39)19-29(32)33(40)36-21-30-24(4)17-26(6)37-34(30)41/h10-12,17-20,22H,8-9,13-16,21H2,1-7H3,(H,36,40)(H,37,41)/b23-10-. The van der Waals surface area contributed by atoms with Crippen LogP contribution in [0.4, 0.5) is 5.82 Å². The van der Waals surface area contributed by atoms with Crippen LogP contribution in [0.25, 0.3) is 16.7 Å². The number of aryl methyl sites for hydroxylation is 3. The van der Waals surface area contributed by atoms with Crippen LogP contribution in [0.15, 0.2) is 47.4 Å². The Balaban J connectivity index is 1.67. The Morgan fingerprint density at radius 2 is 1.83 bits per heavy atom. The molecule has 2 aromatic heterocycles. The summed E-state index contributed by atoms with van der Waals surface area (Å²) < 4.78 is 0. The van der Waals surface area contributed by atoms with Gasteiger partial charge in [-0.2, -0.15) is 0 Å². The first kappa shape index (κ1) is 30.3. The summed E-state index contributed by atoms with van der Waals surface area (Å²) in [5, 5.41) is 3.03. The maximum atomic E-state index is 13.7. The van der Waals surface area contributed by atoms with Crippen molar-refractivity contribution >= 4 is 17.3 Å². The van der Waals surface area contributed by atoms with E-state index >= 15 is 0 Å². The largest absolute Gasteiger partial charge is 0.355 e. The predicted molar refractivity (Wildman–Crippen MR) is 170 cm³/mol.